The van der Waals surface area contributed by atoms with Gasteiger partial charge in [0, 0.05) is 13.0 Å². The summed E-state index contributed by atoms with van der Waals surface area (Å²) in [5.74, 6) is 1.47. The minimum atomic E-state index is -0.255. The summed E-state index contributed by atoms with van der Waals surface area (Å²) in [6, 6.07) is 7.76. The van der Waals surface area contributed by atoms with E-state index < -0.39 is 0 Å². The molecule has 0 bridgehead atoms. The van der Waals surface area contributed by atoms with Crippen molar-refractivity contribution in [2.75, 3.05) is 13.7 Å². The molecule has 0 spiro atoms. The lowest BCUT2D eigenvalue weighted by Gasteiger charge is -2.04. The first-order valence-electron chi connectivity index (χ1n) is 6.55. The first-order valence-corrected chi connectivity index (χ1v) is 6.55. The quantitative estimate of drug-likeness (QED) is 0.833. The number of methoxy groups -OCH3 is 1. The van der Waals surface area contributed by atoms with Crippen LogP contribution in [-0.4, -0.2) is 34.7 Å². The number of rotatable bonds is 6. The van der Waals surface area contributed by atoms with Gasteiger partial charge in [-0.05, 0) is 24.1 Å². The topological polar surface area (TPSA) is 79.9 Å². The lowest BCUT2D eigenvalue weighted by molar-refractivity contribution is 0.0944. The highest BCUT2D eigenvalue weighted by atomic mass is 16.5. The molecule has 1 aromatic carbocycles. The Bertz CT molecular complexity index is 563. The van der Waals surface area contributed by atoms with Gasteiger partial charge in [-0.25, -0.2) is 4.98 Å². The third kappa shape index (κ3) is 3.57. The van der Waals surface area contributed by atoms with Crippen molar-refractivity contribution in [1.29, 1.82) is 0 Å². The molecule has 1 amide bonds. The lowest BCUT2D eigenvalue weighted by atomic mass is 10.1. The van der Waals surface area contributed by atoms with Crippen molar-refractivity contribution in [2.45, 2.75) is 19.8 Å². The molecule has 0 saturated heterocycles. The number of hydrogen-bond acceptors (Lipinski definition) is 4. The van der Waals surface area contributed by atoms with Gasteiger partial charge in [-0.2, -0.15) is 0 Å². The summed E-state index contributed by atoms with van der Waals surface area (Å²) in [5, 5.41) is 9.39. The largest absolute Gasteiger partial charge is 0.497 e. The van der Waals surface area contributed by atoms with Crippen LogP contribution in [-0.2, 0) is 12.8 Å². The van der Waals surface area contributed by atoms with Gasteiger partial charge in [0.15, 0.2) is 0 Å². The van der Waals surface area contributed by atoms with Gasteiger partial charge in [0.25, 0.3) is 5.91 Å². The van der Waals surface area contributed by atoms with E-state index in [0.717, 1.165) is 24.2 Å². The summed E-state index contributed by atoms with van der Waals surface area (Å²) in [6.45, 7) is 2.49. The van der Waals surface area contributed by atoms with Gasteiger partial charge in [0.2, 0.25) is 5.82 Å². The molecule has 2 rings (SSSR count). The second-order valence-electron chi connectivity index (χ2n) is 4.31. The fourth-order valence-electron chi connectivity index (χ4n) is 1.75. The number of amides is 1. The van der Waals surface area contributed by atoms with Crippen LogP contribution < -0.4 is 10.1 Å². The fourth-order valence-corrected chi connectivity index (χ4v) is 1.75. The summed E-state index contributed by atoms with van der Waals surface area (Å²) in [5.41, 5.74) is 1.13. The van der Waals surface area contributed by atoms with Gasteiger partial charge >= 0.3 is 0 Å². The maximum Gasteiger partial charge on any atom is 0.290 e. The van der Waals surface area contributed by atoms with E-state index in [1.165, 1.54) is 0 Å². The number of nitrogens with one attached hydrogen (secondary N) is 2. The van der Waals surface area contributed by atoms with Gasteiger partial charge in [-0.3, -0.25) is 9.89 Å². The van der Waals surface area contributed by atoms with E-state index in [-0.39, 0.29) is 11.7 Å². The zero-order valence-corrected chi connectivity index (χ0v) is 11.6. The maximum absolute atomic E-state index is 11.8. The molecule has 2 aromatic rings. The molecule has 0 aliphatic carbocycles. The molecule has 6 nitrogen and oxygen atoms in total. The number of carbonyl (C=O) groups is 1. The van der Waals surface area contributed by atoms with Crippen LogP contribution in [0.5, 0.6) is 5.75 Å². The molecular weight excluding hydrogens is 256 g/mol. The Labute approximate surface area is 117 Å². The molecule has 0 aliphatic heterocycles. The highest BCUT2D eigenvalue weighted by Gasteiger charge is 2.10. The molecule has 0 aliphatic rings. The van der Waals surface area contributed by atoms with E-state index in [4.69, 9.17) is 4.74 Å². The number of hydrogen-bond donors (Lipinski definition) is 2. The van der Waals surface area contributed by atoms with Crippen LogP contribution in [0.3, 0.4) is 0 Å². The van der Waals surface area contributed by atoms with Crippen molar-refractivity contribution in [3.8, 4) is 5.75 Å². The Kier molecular flexibility index (Phi) is 4.70. The molecular formula is C14H18N4O2. The number of nitrogens with zero attached hydrogens (tertiary/aromatic N) is 2. The second kappa shape index (κ2) is 6.70. The van der Waals surface area contributed by atoms with Crippen LogP contribution in [0, 0.1) is 0 Å². The fraction of sp³-hybridized carbons (Fsp3) is 0.357. The van der Waals surface area contributed by atoms with E-state index in [0.29, 0.717) is 12.4 Å². The molecule has 106 valence electrons. The molecule has 1 heterocycles. The third-order valence-corrected chi connectivity index (χ3v) is 2.93. The number of aryl methyl sites for hydroxylation is 1. The Hall–Kier alpha value is -2.37. The van der Waals surface area contributed by atoms with Gasteiger partial charge in [-0.15, -0.1) is 5.10 Å². The van der Waals surface area contributed by atoms with E-state index in [1.54, 1.807) is 7.11 Å². The SMILES string of the molecule is CCc1nc(C(=O)NCCc2ccc(OC)cc2)n[nH]1. The van der Waals surface area contributed by atoms with Crippen molar-refractivity contribution in [3.63, 3.8) is 0 Å². The van der Waals surface area contributed by atoms with Crippen molar-refractivity contribution in [2.24, 2.45) is 0 Å². The highest BCUT2D eigenvalue weighted by Crippen LogP contribution is 2.11. The highest BCUT2D eigenvalue weighted by molar-refractivity contribution is 5.90. The normalized spacial score (nSPS) is 10.3. The van der Waals surface area contributed by atoms with Crippen molar-refractivity contribution in [1.82, 2.24) is 20.5 Å². The molecule has 20 heavy (non-hydrogen) atoms. The first-order chi connectivity index (χ1) is 9.72. The molecule has 0 fully saturated rings. The first kappa shape index (κ1) is 14.0. The van der Waals surface area contributed by atoms with Crippen molar-refractivity contribution < 1.29 is 9.53 Å². The molecule has 6 heteroatoms. The van der Waals surface area contributed by atoms with Crippen molar-refractivity contribution in [3.05, 3.63) is 41.5 Å². The number of carbonyl (C=O) groups excluding carboxylic acids is 1. The summed E-state index contributed by atoms with van der Waals surface area (Å²) in [4.78, 5) is 15.9. The second-order valence-corrected chi connectivity index (χ2v) is 4.31. The predicted molar refractivity (Wildman–Crippen MR) is 74.8 cm³/mol. The van der Waals surface area contributed by atoms with Crippen LogP contribution in [0.25, 0.3) is 0 Å². The van der Waals surface area contributed by atoms with E-state index >= 15 is 0 Å². The van der Waals surface area contributed by atoms with Gasteiger partial charge in [0.1, 0.15) is 11.6 Å². The van der Waals surface area contributed by atoms with E-state index in [2.05, 4.69) is 20.5 Å². The molecule has 0 saturated carbocycles. The Morgan fingerprint density at radius 2 is 2.10 bits per heavy atom. The Morgan fingerprint density at radius 1 is 1.35 bits per heavy atom. The monoisotopic (exact) mass is 274 g/mol. The lowest BCUT2D eigenvalue weighted by Crippen LogP contribution is -2.26. The van der Waals surface area contributed by atoms with Crippen LogP contribution in [0.2, 0.25) is 0 Å². The van der Waals surface area contributed by atoms with Crippen molar-refractivity contribution >= 4 is 5.91 Å². The zero-order chi connectivity index (χ0) is 14.4. The minimum absolute atomic E-state index is 0.191. The van der Waals surface area contributed by atoms with Gasteiger partial charge < -0.3 is 10.1 Å². The van der Waals surface area contributed by atoms with Crippen LogP contribution in [0.1, 0.15) is 28.9 Å². The number of ether oxygens (including phenoxy) is 1. The molecule has 0 atom stereocenters. The minimum Gasteiger partial charge on any atom is -0.497 e. The number of aromatic amines is 1. The Balaban J connectivity index is 1.81. The average molecular weight is 274 g/mol. The molecule has 0 radical (unpaired) electrons. The van der Waals surface area contributed by atoms with Gasteiger partial charge in [0.05, 0.1) is 7.11 Å². The molecule has 0 unspecified atom stereocenters. The summed E-state index contributed by atoms with van der Waals surface area (Å²) in [6.07, 6.45) is 1.48. The molecule has 1 aromatic heterocycles. The van der Waals surface area contributed by atoms with Gasteiger partial charge in [-0.1, -0.05) is 19.1 Å². The Morgan fingerprint density at radius 3 is 2.70 bits per heavy atom. The van der Waals surface area contributed by atoms with Crippen LogP contribution in [0.4, 0.5) is 0 Å². The number of aromatic nitrogens is 3. The molecule has 2 N–H and O–H groups in total. The standard InChI is InChI=1S/C14H18N4O2/c1-3-12-16-13(18-17-12)14(19)15-9-8-10-4-6-11(20-2)7-5-10/h4-7H,3,8-9H2,1-2H3,(H,15,19)(H,16,17,18). The predicted octanol–water partition coefficient (Wildman–Crippen LogP) is 1.35. The third-order valence-electron chi connectivity index (χ3n) is 2.93. The average Bonchev–Trinajstić information content (AvgIpc) is 2.97. The number of benzene rings is 1. The summed E-state index contributed by atoms with van der Waals surface area (Å²) in [7, 11) is 1.64. The smallest absolute Gasteiger partial charge is 0.290 e. The van der Waals surface area contributed by atoms with Crippen LogP contribution in [0.15, 0.2) is 24.3 Å². The van der Waals surface area contributed by atoms with Crippen LogP contribution >= 0.6 is 0 Å². The van der Waals surface area contributed by atoms with E-state index in [1.807, 2.05) is 31.2 Å². The summed E-state index contributed by atoms with van der Waals surface area (Å²) < 4.78 is 5.09. The zero-order valence-electron chi connectivity index (χ0n) is 11.6. The maximum atomic E-state index is 11.8. The summed E-state index contributed by atoms with van der Waals surface area (Å²) >= 11 is 0. The van der Waals surface area contributed by atoms with E-state index in [9.17, 15) is 4.79 Å². The number of H-pyrrole nitrogens is 1.